The van der Waals surface area contributed by atoms with Crippen LogP contribution in [-0.2, 0) is 9.59 Å². The number of amides is 1. The van der Waals surface area contributed by atoms with Gasteiger partial charge in [0.15, 0.2) is 0 Å². The molecule has 0 aliphatic heterocycles. The van der Waals surface area contributed by atoms with Gasteiger partial charge in [-0.1, -0.05) is 0 Å². The van der Waals surface area contributed by atoms with Crippen LogP contribution in [0.1, 0.15) is 0 Å². The molecule has 3 N–H and O–H groups in total. The molecular weight excluding hydrogens is 388 g/mol. The van der Waals surface area contributed by atoms with Crippen molar-refractivity contribution < 1.29 is 24.0 Å². The highest BCUT2D eigenvalue weighted by Crippen LogP contribution is 2.28. The third-order valence-corrected chi connectivity index (χ3v) is 2.94. The van der Waals surface area contributed by atoms with Gasteiger partial charge in [0.2, 0.25) is 5.91 Å². The lowest BCUT2D eigenvalue weighted by atomic mass is 10.2. The monoisotopic (exact) mass is 397 g/mol. The van der Waals surface area contributed by atoms with Crippen molar-refractivity contribution in [2.24, 2.45) is 0 Å². The number of hydrogen-bond acceptors (Lipinski definition) is 5. The number of hydrogen-bond donors (Lipinski definition) is 3. The fraction of sp³-hybridized carbons (Fsp3) is 0.200. The molecule has 108 valence electrons. The van der Waals surface area contributed by atoms with Gasteiger partial charge < -0.3 is 15.7 Å². The molecule has 0 aliphatic rings. The van der Waals surface area contributed by atoms with E-state index in [9.17, 15) is 24.1 Å². The minimum absolute atomic E-state index is 0.0789. The molecule has 0 aliphatic carbocycles. The second kappa shape index (κ2) is 6.98. The summed E-state index contributed by atoms with van der Waals surface area (Å²) in [4.78, 5) is 31.6. The van der Waals surface area contributed by atoms with Crippen LogP contribution in [0.25, 0.3) is 0 Å². The lowest BCUT2D eigenvalue weighted by molar-refractivity contribution is -0.384. The summed E-state index contributed by atoms with van der Waals surface area (Å²) in [6.45, 7) is -0.974. The molecule has 8 nitrogen and oxygen atoms in total. The highest BCUT2D eigenvalue weighted by molar-refractivity contribution is 14.1. The molecule has 0 spiro atoms. The first-order valence-electron chi connectivity index (χ1n) is 5.17. The van der Waals surface area contributed by atoms with Gasteiger partial charge in [0.05, 0.1) is 15.0 Å². The average Bonchev–Trinajstić information content (AvgIpc) is 2.36. The molecule has 1 amide bonds. The summed E-state index contributed by atoms with van der Waals surface area (Å²) < 4.78 is 13.4. The quantitative estimate of drug-likeness (QED) is 0.374. The number of nitro groups is 1. The van der Waals surface area contributed by atoms with E-state index in [4.69, 9.17) is 5.11 Å². The molecule has 0 bridgehead atoms. The first kappa shape index (κ1) is 16.1. The lowest BCUT2D eigenvalue weighted by Gasteiger charge is -2.08. The Morgan fingerprint density at radius 2 is 2.05 bits per heavy atom. The predicted octanol–water partition coefficient (Wildman–Crippen LogP) is 0.951. The molecule has 0 atom stereocenters. The van der Waals surface area contributed by atoms with Crippen LogP contribution in [0.3, 0.4) is 0 Å². The van der Waals surface area contributed by atoms with Gasteiger partial charge in [0.25, 0.3) is 5.69 Å². The largest absolute Gasteiger partial charge is 0.480 e. The zero-order valence-corrected chi connectivity index (χ0v) is 12.0. The van der Waals surface area contributed by atoms with Crippen LogP contribution in [0.15, 0.2) is 12.1 Å². The number of rotatable bonds is 6. The Kier molecular flexibility index (Phi) is 5.61. The van der Waals surface area contributed by atoms with E-state index >= 15 is 0 Å². The molecule has 0 fully saturated rings. The van der Waals surface area contributed by atoms with Gasteiger partial charge in [-0.15, -0.1) is 0 Å². The summed E-state index contributed by atoms with van der Waals surface area (Å²) >= 11 is 1.61. The van der Waals surface area contributed by atoms with E-state index < -0.39 is 35.7 Å². The van der Waals surface area contributed by atoms with Crippen LogP contribution in [0.2, 0.25) is 0 Å². The molecule has 1 aromatic rings. The van der Waals surface area contributed by atoms with Crippen LogP contribution >= 0.6 is 22.6 Å². The third kappa shape index (κ3) is 4.60. The van der Waals surface area contributed by atoms with E-state index in [2.05, 4.69) is 10.6 Å². The van der Waals surface area contributed by atoms with Crippen LogP contribution < -0.4 is 10.6 Å². The zero-order valence-electron chi connectivity index (χ0n) is 9.85. The summed E-state index contributed by atoms with van der Waals surface area (Å²) in [5.74, 6) is -2.56. The highest BCUT2D eigenvalue weighted by Gasteiger charge is 2.18. The van der Waals surface area contributed by atoms with Gasteiger partial charge in [-0.25, -0.2) is 4.39 Å². The van der Waals surface area contributed by atoms with Gasteiger partial charge in [-0.05, 0) is 22.6 Å². The number of carbonyl (C=O) groups excluding carboxylic acids is 1. The SMILES string of the molecule is O=C(O)CNC(=O)CNc1cc(F)c(I)cc1[N+](=O)[O-]. The van der Waals surface area contributed by atoms with Crippen LogP contribution in [-0.4, -0.2) is 35.0 Å². The maximum absolute atomic E-state index is 13.4. The van der Waals surface area contributed by atoms with Gasteiger partial charge in [-0.2, -0.15) is 0 Å². The van der Waals surface area contributed by atoms with Crippen molar-refractivity contribution in [1.82, 2.24) is 5.32 Å². The van der Waals surface area contributed by atoms with Crippen molar-refractivity contribution in [3.8, 4) is 0 Å². The minimum Gasteiger partial charge on any atom is -0.480 e. The second-order valence-corrected chi connectivity index (χ2v) is 4.73. The average molecular weight is 397 g/mol. The molecule has 20 heavy (non-hydrogen) atoms. The molecule has 0 heterocycles. The molecule has 10 heteroatoms. The normalized spacial score (nSPS) is 9.90. The number of carbonyl (C=O) groups is 2. The van der Waals surface area contributed by atoms with Crippen molar-refractivity contribution in [2.45, 2.75) is 0 Å². The summed E-state index contributed by atoms with van der Waals surface area (Å²) in [5.41, 5.74) is -0.528. The number of aliphatic carboxylic acids is 1. The molecule has 0 aromatic heterocycles. The second-order valence-electron chi connectivity index (χ2n) is 3.56. The third-order valence-electron chi connectivity index (χ3n) is 2.11. The number of benzene rings is 1. The minimum atomic E-state index is -1.22. The standard InChI is InChI=1S/C10H9FIN3O5/c11-5-1-7(8(15(19)20)2-6(5)12)13-3-9(16)14-4-10(17)18/h1-2,13H,3-4H2,(H,14,16)(H,17,18). The molecule has 1 aromatic carbocycles. The Bertz CT molecular complexity index is 566. The number of carboxylic acids is 1. The highest BCUT2D eigenvalue weighted by atomic mass is 127. The molecule has 0 unspecified atom stereocenters. The van der Waals surface area contributed by atoms with Crippen molar-refractivity contribution >= 4 is 45.8 Å². The molecule has 0 saturated heterocycles. The number of halogens is 2. The first-order valence-corrected chi connectivity index (χ1v) is 6.25. The van der Waals surface area contributed by atoms with E-state index in [0.717, 1.165) is 12.1 Å². The summed E-state index contributed by atoms with van der Waals surface area (Å²) in [5, 5.41) is 23.6. The fourth-order valence-electron chi connectivity index (χ4n) is 1.24. The number of anilines is 1. The van der Waals surface area contributed by atoms with E-state index in [-0.39, 0.29) is 14.9 Å². The number of nitrogens with one attached hydrogen (secondary N) is 2. The Morgan fingerprint density at radius 1 is 1.40 bits per heavy atom. The number of nitro benzene ring substituents is 1. The maximum Gasteiger partial charge on any atom is 0.322 e. The van der Waals surface area contributed by atoms with Gasteiger partial charge in [0.1, 0.15) is 18.0 Å². The van der Waals surface area contributed by atoms with Gasteiger partial charge in [-0.3, -0.25) is 19.7 Å². The molecular formula is C10H9FIN3O5. The summed E-state index contributed by atoms with van der Waals surface area (Å²) in [6, 6.07) is 1.94. The van der Waals surface area contributed by atoms with Crippen molar-refractivity contribution in [3.05, 3.63) is 31.6 Å². The van der Waals surface area contributed by atoms with Crippen molar-refractivity contribution in [3.63, 3.8) is 0 Å². The predicted molar refractivity (Wildman–Crippen MR) is 74.9 cm³/mol. The van der Waals surface area contributed by atoms with Gasteiger partial charge >= 0.3 is 5.97 Å². The van der Waals surface area contributed by atoms with Crippen LogP contribution in [0, 0.1) is 19.5 Å². The van der Waals surface area contributed by atoms with Crippen LogP contribution in [0.5, 0.6) is 0 Å². The Balaban J connectivity index is 2.77. The van der Waals surface area contributed by atoms with E-state index in [1.165, 1.54) is 0 Å². The summed E-state index contributed by atoms with van der Waals surface area (Å²) in [7, 11) is 0. The zero-order chi connectivity index (χ0) is 15.3. The topological polar surface area (TPSA) is 122 Å². The Labute approximate surface area is 125 Å². The number of nitrogens with zero attached hydrogens (tertiary/aromatic N) is 1. The Morgan fingerprint density at radius 3 is 2.60 bits per heavy atom. The molecule has 0 saturated carbocycles. The van der Waals surface area contributed by atoms with E-state index in [0.29, 0.717) is 0 Å². The molecule has 0 radical (unpaired) electrons. The van der Waals surface area contributed by atoms with Crippen molar-refractivity contribution in [2.75, 3.05) is 18.4 Å². The number of carboxylic acid groups (broad SMARTS) is 1. The summed E-state index contributed by atoms with van der Waals surface area (Å²) in [6.07, 6.45) is 0. The maximum atomic E-state index is 13.4. The van der Waals surface area contributed by atoms with Crippen LogP contribution in [0.4, 0.5) is 15.8 Å². The van der Waals surface area contributed by atoms with Crippen molar-refractivity contribution in [1.29, 1.82) is 0 Å². The van der Waals surface area contributed by atoms with E-state index in [1.54, 1.807) is 22.6 Å². The first-order chi connectivity index (χ1) is 9.31. The Hall–Kier alpha value is -1.98. The molecule has 1 rings (SSSR count). The van der Waals surface area contributed by atoms with E-state index in [1.807, 2.05) is 0 Å². The van der Waals surface area contributed by atoms with Gasteiger partial charge in [0, 0.05) is 12.1 Å². The smallest absolute Gasteiger partial charge is 0.322 e. The lowest BCUT2D eigenvalue weighted by Crippen LogP contribution is -2.33. The fourth-order valence-corrected chi connectivity index (χ4v) is 1.69.